The summed E-state index contributed by atoms with van der Waals surface area (Å²) in [6.07, 6.45) is 6.65. The van der Waals surface area contributed by atoms with Crippen molar-refractivity contribution in [2.45, 2.75) is 43.9 Å². The standard InChI is InChI=1S/C11H18BrNO/c1-9(12)10(14)13-7-6-11(8-13)4-2-3-5-11/h9H,2-8H2,1H3. The Morgan fingerprint density at radius 3 is 2.57 bits per heavy atom. The zero-order valence-electron chi connectivity index (χ0n) is 8.76. The van der Waals surface area contributed by atoms with Gasteiger partial charge in [-0.25, -0.2) is 0 Å². The smallest absolute Gasteiger partial charge is 0.236 e. The summed E-state index contributed by atoms with van der Waals surface area (Å²) < 4.78 is 0. The van der Waals surface area contributed by atoms with Crippen LogP contribution >= 0.6 is 15.9 Å². The molecule has 2 nitrogen and oxygen atoms in total. The average Bonchev–Trinajstić information content (AvgIpc) is 2.76. The molecule has 2 rings (SSSR count). The lowest BCUT2D eigenvalue weighted by atomic mass is 9.86. The zero-order chi connectivity index (χ0) is 10.2. The van der Waals surface area contributed by atoms with E-state index in [2.05, 4.69) is 15.9 Å². The number of carbonyl (C=O) groups is 1. The summed E-state index contributed by atoms with van der Waals surface area (Å²) in [7, 11) is 0. The van der Waals surface area contributed by atoms with E-state index in [1.165, 1.54) is 32.1 Å². The highest BCUT2D eigenvalue weighted by atomic mass is 79.9. The summed E-state index contributed by atoms with van der Waals surface area (Å²) in [5.41, 5.74) is 0.511. The minimum atomic E-state index is -0.0148. The third kappa shape index (κ3) is 1.83. The van der Waals surface area contributed by atoms with E-state index >= 15 is 0 Å². The van der Waals surface area contributed by atoms with Gasteiger partial charge in [0.05, 0.1) is 4.83 Å². The van der Waals surface area contributed by atoms with Gasteiger partial charge in [0.25, 0.3) is 0 Å². The van der Waals surface area contributed by atoms with Crippen LogP contribution in [-0.4, -0.2) is 28.7 Å². The largest absolute Gasteiger partial charge is 0.341 e. The maximum absolute atomic E-state index is 11.8. The second-order valence-corrected chi connectivity index (χ2v) is 6.21. The van der Waals surface area contributed by atoms with Gasteiger partial charge in [0.2, 0.25) is 5.91 Å². The SMILES string of the molecule is CC(Br)C(=O)N1CCC2(CCCC2)C1. The number of hydrogen-bond donors (Lipinski definition) is 0. The molecule has 80 valence electrons. The Morgan fingerprint density at radius 2 is 2.00 bits per heavy atom. The lowest BCUT2D eigenvalue weighted by Gasteiger charge is -2.24. The van der Waals surface area contributed by atoms with Crippen LogP contribution in [-0.2, 0) is 4.79 Å². The fourth-order valence-electron chi connectivity index (χ4n) is 2.91. The predicted octanol–water partition coefficient (Wildman–Crippen LogP) is 2.56. The molecule has 1 saturated carbocycles. The third-order valence-electron chi connectivity index (χ3n) is 3.75. The second-order valence-electron chi connectivity index (χ2n) is 4.83. The van der Waals surface area contributed by atoms with Gasteiger partial charge in [-0.15, -0.1) is 0 Å². The van der Waals surface area contributed by atoms with Gasteiger partial charge in [-0.05, 0) is 31.6 Å². The highest BCUT2D eigenvalue weighted by Gasteiger charge is 2.41. The normalized spacial score (nSPS) is 27.1. The first kappa shape index (κ1) is 10.5. The van der Waals surface area contributed by atoms with Crippen molar-refractivity contribution >= 4 is 21.8 Å². The molecular formula is C11H18BrNO. The van der Waals surface area contributed by atoms with Crippen LogP contribution < -0.4 is 0 Å². The summed E-state index contributed by atoms with van der Waals surface area (Å²) in [5, 5.41) is 0. The maximum Gasteiger partial charge on any atom is 0.236 e. The van der Waals surface area contributed by atoms with Crippen molar-refractivity contribution in [3.63, 3.8) is 0 Å². The van der Waals surface area contributed by atoms with Crippen LogP contribution in [0.2, 0.25) is 0 Å². The Balaban J connectivity index is 1.97. The molecule has 2 aliphatic rings. The number of amides is 1. The first-order chi connectivity index (χ1) is 6.63. The van der Waals surface area contributed by atoms with Crippen LogP contribution in [0.15, 0.2) is 0 Å². The van der Waals surface area contributed by atoms with Gasteiger partial charge in [0.1, 0.15) is 0 Å². The molecule has 1 aliphatic heterocycles. The lowest BCUT2D eigenvalue weighted by Crippen LogP contribution is -2.35. The van der Waals surface area contributed by atoms with Crippen molar-refractivity contribution in [3.8, 4) is 0 Å². The van der Waals surface area contributed by atoms with Gasteiger partial charge in [-0.1, -0.05) is 28.8 Å². The van der Waals surface area contributed by atoms with Crippen LogP contribution in [0.25, 0.3) is 0 Å². The van der Waals surface area contributed by atoms with E-state index in [4.69, 9.17) is 0 Å². The van der Waals surface area contributed by atoms with Crippen LogP contribution in [0.3, 0.4) is 0 Å². The Labute approximate surface area is 94.2 Å². The van der Waals surface area contributed by atoms with Gasteiger partial charge in [-0.2, -0.15) is 0 Å². The van der Waals surface area contributed by atoms with E-state index in [1.54, 1.807) is 0 Å². The minimum absolute atomic E-state index is 0.0148. The van der Waals surface area contributed by atoms with Crippen molar-refractivity contribution in [1.82, 2.24) is 4.90 Å². The summed E-state index contributed by atoms with van der Waals surface area (Å²) in [5.74, 6) is 0.272. The van der Waals surface area contributed by atoms with E-state index in [0.717, 1.165) is 13.1 Å². The number of halogens is 1. The van der Waals surface area contributed by atoms with E-state index < -0.39 is 0 Å². The lowest BCUT2D eigenvalue weighted by molar-refractivity contribution is -0.129. The summed E-state index contributed by atoms with van der Waals surface area (Å²) >= 11 is 3.36. The zero-order valence-corrected chi connectivity index (χ0v) is 10.3. The summed E-state index contributed by atoms with van der Waals surface area (Å²) in [6, 6.07) is 0. The van der Waals surface area contributed by atoms with Crippen molar-refractivity contribution in [2.24, 2.45) is 5.41 Å². The van der Waals surface area contributed by atoms with Crippen molar-refractivity contribution in [3.05, 3.63) is 0 Å². The molecule has 1 heterocycles. The highest BCUT2D eigenvalue weighted by molar-refractivity contribution is 9.10. The Morgan fingerprint density at radius 1 is 1.36 bits per heavy atom. The molecule has 1 saturated heterocycles. The van der Waals surface area contributed by atoms with E-state index in [-0.39, 0.29) is 10.7 Å². The van der Waals surface area contributed by atoms with Gasteiger partial charge in [-0.3, -0.25) is 4.79 Å². The van der Waals surface area contributed by atoms with Gasteiger partial charge >= 0.3 is 0 Å². The monoisotopic (exact) mass is 259 g/mol. The van der Waals surface area contributed by atoms with Crippen molar-refractivity contribution in [2.75, 3.05) is 13.1 Å². The molecule has 1 atom stereocenters. The van der Waals surface area contributed by atoms with Crippen molar-refractivity contribution in [1.29, 1.82) is 0 Å². The molecule has 0 N–H and O–H groups in total. The van der Waals surface area contributed by atoms with Crippen LogP contribution in [0.1, 0.15) is 39.0 Å². The molecule has 0 radical (unpaired) electrons. The molecule has 3 heteroatoms. The molecule has 1 aliphatic carbocycles. The average molecular weight is 260 g/mol. The number of rotatable bonds is 1. The second kappa shape index (κ2) is 3.84. The van der Waals surface area contributed by atoms with Gasteiger partial charge in [0.15, 0.2) is 0 Å². The molecule has 2 fully saturated rings. The topological polar surface area (TPSA) is 20.3 Å². The first-order valence-corrected chi connectivity index (χ1v) is 6.47. The number of hydrogen-bond acceptors (Lipinski definition) is 1. The Kier molecular flexibility index (Phi) is 2.87. The molecule has 1 spiro atoms. The third-order valence-corrected chi connectivity index (χ3v) is 4.15. The summed E-state index contributed by atoms with van der Waals surface area (Å²) in [4.78, 5) is 13.8. The van der Waals surface area contributed by atoms with E-state index in [1.807, 2.05) is 11.8 Å². The molecule has 0 aromatic carbocycles. The van der Waals surface area contributed by atoms with Crippen LogP contribution in [0.5, 0.6) is 0 Å². The molecule has 14 heavy (non-hydrogen) atoms. The quantitative estimate of drug-likeness (QED) is 0.663. The first-order valence-electron chi connectivity index (χ1n) is 5.56. The highest BCUT2D eigenvalue weighted by Crippen LogP contribution is 2.45. The predicted molar refractivity (Wildman–Crippen MR) is 60.5 cm³/mol. The molecule has 0 bridgehead atoms. The molecular weight excluding hydrogens is 242 g/mol. The summed E-state index contributed by atoms with van der Waals surface area (Å²) in [6.45, 7) is 3.92. The van der Waals surface area contributed by atoms with Crippen LogP contribution in [0, 0.1) is 5.41 Å². The molecule has 0 aromatic heterocycles. The molecule has 1 amide bonds. The Hall–Kier alpha value is -0.0500. The number of carbonyl (C=O) groups excluding carboxylic acids is 1. The van der Waals surface area contributed by atoms with Gasteiger partial charge in [0, 0.05) is 13.1 Å². The van der Waals surface area contributed by atoms with E-state index in [0.29, 0.717) is 5.41 Å². The Bertz CT molecular complexity index is 233. The fraction of sp³-hybridized carbons (Fsp3) is 0.909. The van der Waals surface area contributed by atoms with Gasteiger partial charge < -0.3 is 4.90 Å². The van der Waals surface area contributed by atoms with Crippen molar-refractivity contribution < 1.29 is 4.79 Å². The number of nitrogens with zero attached hydrogens (tertiary/aromatic N) is 1. The number of likely N-dealkylation sites (tertiary alicyclic amines) is 1. The minimum Gasteiger partial charge on any atom is -0.341 e. The van der Waals surface area contributed by atoms with Crippen LogP contribution in [0.4, 0.5) is 0 Å². The number of alkyl halides is 1. The molecule has 0 aromatic rings. The molecule has 1 unspecified atom stereocenters. The fourth-order valence-corrected chi connectivity index (χ4v) is 3.20. The van der Waals surface area contributed by atoms with E-state index in [9.17, 15) is 4.79 Å². The maximum atomic E-state index is 11.8.